The molecule has 128 valence electrons. The van der Waals surface area contributed by atoms with Crippen molar-refractivity contribution in [3.05, 3.63) is 64.6 Å². The summed E-state index contributed by atoms with van der Waals surface area (Å²) < 4.78 is 0. The Labute approximate surface area is 151 Å². The zero-order chi connectivity index (χ0) is 17.6. The van der Waals surface area contributed by atoms with Gasteiger partial charge in [-0.1, -0.05) is 37.6 Å². The van der Waals surface area contributed by atoms with Gasteiger partial charge in [0.15, 0.2) is 5.17 Å². The fourth-order valence-electron chi connectivity index (χ4n) is 2.48. The van der Waals surface area contributed by atoms with Gasteiger partial charge in [0.1, 0.15) is 5.75 Å². The zero-order valence-corrected chi connectivity index (χ0v) is 14.8. The smallest absolute Gasteiger partial charge is 0.264 e. The summed E-state index contributed by atoms with van der Waals surface area (Å²) in [4.78, 5) is 17.1. The van der Waals surface area contributed by atoms with Crippen LogP contribution in [-0.4, -0.2) is 16.2 Å². The lowest BCUT2D eigenvalue weighted by Crippen LogP contribution is -2.19. The van der Waals surface area contributed by atoms with Gasteiger partial charge in [-0.25, -0.2) is 4.99 Å². The molecule has 1 fully saturated rings. The summed E-state index contributed by atoms with van der Waals surface area (Å²) in [5.74, 6) is 0.00136. The topological polar surface area (TPSA) is 61.7 Å². The molecule has 0 saturated carbocycles. The van der Waals surface area contributed by atoms with Crippen LogP contribution in [0.3, 0.4) is 0 Å². The van der Waals surface area contributed by atoms with Gasteiger partial charge < -0.3 is 10.4 Å². The van der Waals surface area contributed by atoms with Gasteiger partial charge in [0.05, 0.1) is 10.6 Å². The summed E-state index contributed by atoms with van der Waals surface area (Å²) in [6.07, 6.45) is 5.19. The average molecular weight is 352 g/mol. The molecule has 1 aliphatic heterocycles. The number of carbonyl (C=O) groups excluding carboxylic acids is 1. The Morgan fingerprint density at radius 3 is 2.72 bits per heavy atom. The Kier molecular flexibility index (Phi) is 5.56. The third-order valence-corrected chi connectivity index (χ3v) is 4.71. The molecule has 5 heteroatoms. The van der Waals surface area contributed by atoms with Gasteiger partial charge in [-0.2, -0.15) is 0 Å². The van der Waals surface area contributed by atoms with Gasteiger partial charge in [-0.3, -0.25) is 4.79 Å². The highest BCUT2D eigenvalue weighted by atomic mass is 32.2. The van der Waals surface area contributed by atoms with Crippen LogP contribution in [0.15, 0.2) is 58.4 Å². The number of hydrogen-bond acceptors (Lipinski definition) is 4. The number of amides is 1. The van der Waals surface area contributed by atoms with E-state index in [0.29, 0.717) is 10.1 Å². The van der Waals surface area contributed by atoms with Gasteiger partial charge >= 0.3 is 0 Å². The lowest BCUT2D eigenvalue weighted by molar-refractivity contribution is -0.115. The van der Waals surface area contributed by atoms with Crippen LogP contribution in [0.4, 0.5) is 5.69 Å². The number of unbranched alkanes of at least 4 members (excludes halogenated alkanes) is 1. The number of nitrogens with zero attached hydrogens (tertiary/aromatic N) is 1. The minimum atomic E-state index is -0.174. The minimum Gasteiger partial charge on any atom is -0.508 e. The van der Waals surface area contributed by atoms with Gasteiger partial charge in [0, 0.05) is 0 Å². The molecule has 0 aliphatic carbocycles. The van der Waals surface area contributed by atoms with E-state index in [9.17, 15) is 9.90 Å². The summed E-state index contributed by atoms with van der Waals surface area (Å²) >= 11 is 1.30. The van der Waals surface area contributed by atoms with Gasteiger partial charge in [-0.05, 0) is 66.1 Å². The van der Waals surface area contributed by atoms with Crippen molar-refractivity contribution in [2.45, 2.75) is 26.2 Å². The van der Waals surface area contributed by atoms with E-state index in [1.807, 2.05) is 18.2 Å². The van der Waals surface area contributed by atoms with E-state index in [-0.39, 0.29) is 11.7 Å². The lowest BCUT2D eigenvalue weighted by atomic mass is 10.1. The molecule has 0 unspecified atom stereocenters. The van der Waals surface area contributed by atoms with Crippen LogP contribution in [0.1, 0.15) is 30.9 Å². The predicted octanol–water partition coefficient (Wildman–Crippen LogP) is 4.63. The number of carbonyl (C=O) groups is 1. The third kappa shape index (κ3) is 4.73. The molecule has 2 aromatic carbocycles. The van der Waals surface area contributed by atoms with Gasteiger partial charge in [0.25, 0.3) is 5.91 Å². The molecule has 0 bridgehead atoms. The Morgan fingerprint density at radius 2 is 2.00 bits per heavy atom. The summed E-state index contributed by atoms with van der Waals surface area (Å²) in [5, 5.41) is 12.9. The van der Waals surface area contributed by atoms with Crippen molar-refractivity contribution >= 4 is 34.6 Å². The van der Waals surface area contributed by atoms with Crippen molar-refractivity contribution in [1.82, 2.24) is 5.32 Å². The Morgan fingerprint density at radius 1 is 1.20 bits per heavy atom. The molecule has 4 nitrogen and oxygen atoms in total. The molecule has 0 spiro atoms. The average Bonchev–Trinajstić information content (AvgIpc) is 2.93. The fourth-order valence-corrected chi connectivity index (χ4v) is 3.32. The monoisotopic (exact) mass is 352 g/mol. The molecule has 1 heterocycles. The summed E-state index contributed by atoms with van der Waals surface area (Å²) in [5.41, 5.74) is 2.90. The maximum atomic E-state index is 12.1. The van der Waals surface area contributed by atoms with Crippen molar-refractivity contribution in [2.24, 2.45) is 4.99 Å². The van der Waals surface area contributed by atoms with Crippen LogP contribution < -0.4 is 5.32 Å². The summed E-state index contributed by atoms with van der Waals surface area (Å²) in [6.45, 7) is 2.18. The first kappa shape index (κ1) is 17.3. The fraction of sp³-hybridized carbons (Fsp3) is 0.200. The molecule has 0 aromatic heterocycles. The van der Waals surface area contributed by atoms with Crippen molar-refractivity contribution in [2.75, 3.05) is 0 Å². The summed E-state index contributed by atoms with van der Waals surface area (Å²) in [6, 6.07) is 14.9. The second kappa shape index (κ2) is 8.03. The molecular weight excluding hydrogens is 332 g/mol. The number of phenolic OH excluding ortho intramolecular Hbond substituents is 1. The first-order chi connectivity index (χ1) is 12.1. The number of aryl methyl sites for hydroxylation is 1. The van der Waals surface area contributed by atoms with Gasteiger partial charge in [0.2, 0.25) is 0 Å². The number of nitrogens with one attached hydrogen (secondary N) is 1. The highest BCUT2D eigenvalue weighted by molar-refractivity contribution is 8.18. The zero-order valence-electron chi connectivity index (χ0n) is 14.0. The quantitative estimate of drug-likeness (QED) is 0.772. The largest absolute Gasteiger partial charge is 0.508 e. The van der Waals surface area contributed by atoms with E-state index in [2.05, 4.69) is 29.4 Å². The molecule has 2 N–H and O–H groups in total. The van der Waals surface area contributed by atoms with Crippen molar-refractivity contribution in [1.29, 1.82) is 0 Å². The van der Waals surface area contributed by atoms with Crippen LogP contribution in [0.5, 0.6) is 5.75 Å². The minimum absolute atomic E-state index is 0.174. The second-order valence-corrected chi connectivity index (χ2v) is 6.88. The standard InChI is InChI=1S/C20H20N2O2S/c1-2-3-5-14-8-10-16(11-9-14)21-20-22-19(24)18(25-20)13-15-6-4-7-17(23)12-15/h4,6-13,23H,2-3,5H2,1H3,(H,21,22,24)/b18-13-. The predicted molar refractivity (Wildman–Crippen MR) is 104 cm³/mol. The van der Waals surface area contributed by atoms with Crippen LogP contribution >= 0.6 is 11.8 Å². The van der Waals surface area contributed by atoms with Crippen LogP contribution in [0, 0.1) is 0 Å². The Hall–Kier alpha value is -2.53. The molecule has 3 rings (SSSR count). The highest BCUT2D eigenvalue weighted by Gasteiger charge is 2.23. The van der Waals surface area contributed by atoms with E-state index >= 15 is 0 Å². The van der Waals surface area contributed by atoms with Crippen molar-refractivity contribution < 1.29 is 9.90 Å². The molecule has 1 saturated heterocycles. The van der Waals surface area contributed by atoms with Crippen LogP contribution in [0.2, 0.25) is 0 Å². The molecular formula is C20H20N2O2S. The number of benzene rings is 2. The van der Waals surface area contributed by atoms with Crippen LogP contribution in [0.25, 0.3) is 6.08 Å². The number of amidine groups is 1. The summed E-state index contributed by atoms with van der Waals surface area (Å²) in [7, 11) is 0. The van der Waals surface area contributed by atoms with Crippen molar-refractivity contribution in [3.8, 4) is 5.75 Å². The maximum absolute atomic E-state index is 12.1. The molecule has 2 aromatic rings. The SMILES string of the molecule is CCCCc1ccc(N=C2NC(=O)/C(=C/c3cccc(O)c3)S2)cc1. The van der Waals surface area contributed by atoms with E-state index < -0.39 is 0 Å². The first-order valence-corrected chi connectivity index (χ1v) is 9.13. The third-order valence-electron chi connectivity index (χ3n) is 3.80. The van der Waals surface area contributed by atoms with E-state index in [1.165, 1.54) is 30.2 Å². The van der Waals surface area contributed by atoms with E-state index in [4.69, 9.17) is 0 Å². The van der Waals surface area contributed by atoms with E-state index in [0.717, 1.165) is 17.7 Å². The maximum Gasteiger partial charge on any atom is 0.264 e. The molecule has 1 aliphatic rings. The lowest BCUT2D eigenvalue weighted by Gasteiger charge is -2.01. The second-order valence-electron chi connectivity index (χ2n) is 5.85. The Bertz CT molecular complexity index is 826. The normalized spacial score (nSPS) is 17.2. The highest BCUT2D eigenvalue weighted by Crippen LogP contribution is 2.28. The molecule has 1 amide bonds. The number of aliphatic imine (C=N–C) groups is 1. The number of thioether (sulfide) groups is 1. The number of phenols is 1. The molecule has 0 atom stereocenters. The molecule has 25 heavy (non-hydrogen) atoms. The van der Waals surface area contributed by atoms with Crippen molar-refractivity contribution in [3.63, 3.8) is 0 Å². The Balaban J connectivity index is 1.72. The number of aromatic hydroxyl groups is 1. The van der Waals surface area contributed by atoms with Crippen LogP contribution in [-0.2, 0) is 11.2 Å². The first-order valence-electron chi connectivity index (χ1n) is 8.31. The van der Waals surface area contributed by atoms with Gasteiger partial charge in [-0.15, -0.1) is 0 Å². The number of rotatable bonds is 5. The molecule has 0 radical (unpaired) electrons. The number of hydrogen-bond donors (Lipinski definition) is 2. The van der Waals surface area contributed by atoms with E-state index in [1.54, 1.807) is 24.3 Å².